The number of aryl methyl sites for hydroxylation is 2. The minimum absolute atomic E-state index is 0.0491. The van der Waals surface area contributed by atoms with Crippen LogP contribution in [0.4, 0.5) is 4.39 Å². The molecule has 128 valence electrons. The molecular formula is C20H19FN2O2. The van der Waals surface area contributed by atoms with Crippen LogP contribution in [0.5, 0.6) is 0 Å². The van der Waals surface area contributed by atoms with Gasteiger partial charge >= 0.3 is 0 Å². The summed E-state index contributed by atoms with van der Waals surface area (Å²) in [7, 11) is 0. The summed E-state index contributed by atoms with van der Waals surface area (Å²) in [6.07, 6.45) is 2.30. The molecule has 3 rings (SSSR count). The Morgan fingerprint density at radius 3 is 2.76 bits per heavy atom. The van der Waals surface area contributed by atoms with E-state index in [1.807, 2.05) is 31.2 Å². The predicted octanol–water partition coefficient (Wildman–Crippen LogP) is 4.04. The van der Waals surface area contributed by atoms with Crippen molar-refractivity contribution in [1.29, 1.82) is 0 Å². The third-order valence-corrected chi connectivity index (χ3v) is 3.97. The van der Waals surface area contributed by atoms with E-state index in [1.54, 1.807) is 12.1 Å². The molecule has 0 aliphatic rings. The van der Waals surface area contributed by atoms with Crippen LogP contribution in [0.15, 0.2) is 59.3 Å². The van der Waals surface area contributed by atoms with Crippen LogP contribution in [-0.2, 0) is 17.8 Å². The number of rotatable bonds is 6. The Morgan fingerprint density at radius 1 is 1.20 bits per heavy atom. The molecular weight excluding hydrogens is 319 g/mol. The Morgan fingerprint density at radius 2 is 2.00 bits per heavy atom. The molecule has 0 fully saturated rings. The second-order valence-corrected chi connectivity index (χ2v) is 5.96. The fraction of sp³-hybridized carbons (Fsp3) is 0.200. The van der Waals surface area contributed by atoms with Gasteiger partial charge in [-0.3, -0.25) is 4.79 Å². The number of halogens is 1. The first-order valence-corrected chi connectivity index (χ1v) is 8.13. The molecule has 0 unspecified atom stereocenters. The molecule has 0 spiro atoms. The number of nitrogens with zero attached hydrogens (tertiary/aromatic N) is 1. The quantitative estimate of drug-likeness (QED) is 0.738. The summed E-state index contributed by atoms with van der Waals surface area (Å²) in [4.78, 5) is 12.1. The number of benzene rings is 2. The Kier molecular flexibility index (Phi) is 5.23. The largest absolute Gasteiger partial charge is 0.364 e. The molecule has 1 amide bonds. The lowest BCUT2D eigenvalue weighted by molar-refractivity contribution is -0.121. The van der Waals surface area contributed by atoms with Gasteiger partial charge in [-0.25, -0.2) is 4.39 Å². The summed E-state index contributed by atoms with van der Waals surface area (Å²) in [5.41, 5.74) is 4.25. The molecule has 0 aliphatic carbocycles. The van der Waals surface area contributed by atoms with Gasteiger partial charge in [-0.1, -0.05) is 47.1 Å². The molecule has 1 N–H and O–H groups in total. The van der Waals surface area contributed by atoms with E-state index < -0.39 is 0 Å². The highest BCUT2D eigenvalue weighted by Crippen LogP contribution is 2.23. The van der Waals surface area contributed by atoms with Gasteiger partial charge in [-0.05, 0) is 31.0 Å². The van der Waals surface area contributed by atoms with Crippen molar-refractivity contribution in [1.82, 2.24) is 10.5 Å². The van der Waals surface area contributed by atoms with E-state index >= 15 is 0 Å². The van der Waals surface area contributed by atoms with E-state index in [0.29, 0.717) is 30.6 Å². The maximum absolute atomic E-state index is 13.4. The van der Waals surface area contributed by atoms with Gasteiger partial charge in [0.25, 0.3) is 0 Å². The highest BCUT2D eigenvalue weighted by Gasteiger charge is 2.12. The first-order valence-electron chi connectivity index (χ1n) is 8.13. The van der Waals surface area contributed by atoms with Crippen LogP contribution >= 0.6 is 0 Å². The lowest BCUT2D eigenvalue weighted by Crippen LogP contribution is -2.23. The SMILES string of the molecule is Cc1ccc(CNC(=O)CCc2conc2-c2cccc(F)c2)cc1. The van der Waals surface area contributed by atoms with Crippen LogP contribution in [-0.4, -0.2) is 11.1 Å². The third-order valence-electron chi connectivity index (χ3n) is 3.97. The van der Waals surface area contributed by atoms with Gasteiger partial charge in [0.15, 0.2) is 0 Å². The lowest BCUT2D eigenvalue weighted by Gasteiger charge is -2.06. The molecule has 5 heteroatoms. The minimum atomic E-state index is -0.331. The molecule has 3 aromatic rings. The monoisotopic (exact) mass is 338 g/mol. The number of carbonyl (C=O) groups is 1. The fourth-order valence-corrected chi connectivity index (χ4v) is 2.55. The summed E-state index contributed by atoms with van der Waals surface area (Å²) in [5.74, 6) is -0.380. The predicted molar refractivity (Wildman–Crippen MR) is 93.2 cm³/mol. The zero-order valence-electron chi connectivity index (χ0n) is 14.0. The van der Waals surface area contributed by atoms with Gasteiger partial charge in [-0.2, -0.15) is 0 Å². The molecule has 1 heterocycles. The fourth-order valence-electron chi connectivity index (χ4n) is 2.55. The molecule has 0 bridgehead atoms. The Balaban J connectivity index is 1.56. The molecule has 1 aromatic heterocycles. The van der Waals surface area contributed by atoms with Crippen molar-refractivity contribution in [2.75, 3.05) is 0 Å². The number of nitrogens with one attached hydrogen (secondary N) is 1. The van der Waals surface area contributed by atoms with Crippen LogP contribution in [0, 0.1) is 12.7 Å². The highest BCUT2D eigenvalue weighted by atomic mass is 19.1. The second kappa shape index (κ2) is 7.75. The van der Waals surface area contributed by atoms with Crippen LogP contribution in [0.25, 0.3) is 11.3 Å². The Hall–Kier alpha value is -2.95. The lowest BCUT2D eigenvalue weighted by atomic mass is 10.0. The van der Waals surface area contributed by atoms with Crippen molar-refractivity contribution in [2.24, 2.45) is 0 Å². The van der Waals surface area contributed by atoms with Crippen molar-refractivity contribution in [3.8, 4) is 11.3 Å². The number of aromatic nitrogens is 1. The van der Waals surface area contributed by atoms with Crippen molar-refractivity contribution in [3.63, 3.8) is 0 Å². The highest BCUT2D eigenvalue weighted by molar-refractivity contribution is 5.76. The second-order valence-electron chi connectivity index (χ2n) is 5.96. The summed E-state index contributed by atoms with van der Waals surface area (Å²) >= 11 is 0. The van der Waals surface area contributed by atoms with Crippen molar-refractivity contribution >= 4 is 5.91 Å². The van der Waals surface area contributed by atoms with Crippen LogP contribution < -0.4 is 5.32 Å². The molecule has 0 saturated carbocycles. The smallest absolute Gasteiger partial charge is 0.220 e. The van der Waals surface area contributed by atoms with Crippen LogP contribution in [0.3, 0.4) is 0 Å². The Labute approximate surface area is 145 Å². The van der Waals surface area contributed by atoms with Gasteiger partial charge in [-0.15, -0.1) is 0 Å². The third kappa shape index (κ3) is 4.53. The zero-order valence-corrected chi connectivity index (χ0v) is 14.0. The first kappa shape index (κ1) is 16.9. The summed E-state index contributed by atoms with van der Waals surface area (Å²) in [5, 5.41) is 6.83. The number of carbonyl (C=O) groups excluding carboxylic acids is 1. The number of amides is 1. The summed E-state index contributed by atoms with van der Waals surface area (Å²) < 4.78 is 18.4. The van der Waals surface area contributed by atoms with Crippen molar-refractivity contribution in [2.45, 2.75) is 26.3 Å². The Bertz CT molecular complexity index is 856. The van der Waals surface area contributed by atoms with Crippen LogP contribution in [0.1, 0.15) is 23.1 Å². The normalized spacial score (nSPS) is 10.6. The van der Waals surface area contributed by atoms with E-state index in [9.17, 15) is 9.18 Å². The zero-order chi connectivity index (χ0) is 17.6. The van der Waals surface area contributed by atoms with Gasteiger partial charge in [0.2, 0.25) is 5.91 Å². The molecule has 0 atom stereocenters. The van der Waals surface area contributed by atoms with Gasteiger partial charge < -0.3 is 9.84 Å². The van der Waals surface area contributed by atoms with Crippen LogP contribution in [0.2, 0.25) is 0 Å². The van der Waals surface area contributed by atoms with E-state index in [2.05, 4.69) is 10.5 Å². The molecule has 0 saturated heterocycles. The maximum Gasteiger partial charge on any atom is 0.220 e. The molecule has 4 nitrogen and oxygen atoms in total. The average Bonchev–Trinajstić information content (AvgIpc) is 3.08. The number of hydrogen-bond donors (Lipinski definition) is 1. The van der Waals surface area contributed by atoms with Gasteiger partial charge in [0.05, 0.1) is 0 Å². The standard InChI is InChI=1S/C20H19FN2O2/c1-14-5-7-15(8-6-14)12-22-19(24)10-9-17-13-25-23-20(17)16-3-2-4-18(21)11-16/h2-8,11,13H,9-10,12H2,1H3,(H,22,24). The summed E-state index contributed by atoms with van der Waals surface area (Å²) in [6, 6.07) is 14.2. The molecule has 0 radical (unpaired) electrons. The molecule has 0 aliphatic heterocycles. The van der Waals surface area contributed by atoms with Gasteiger partial charge in [0, 0.05) is 24.1 Å². The van der Waals surface area contributed by atoms with E-state index in [4.69, 9.17) is 4.52 Å². The minimum Gasteiger partial charge on any atom is -0.364 e. The summed E-state index contributed by atoms with van der Waals surface area (Å²) in [6.45, 7) is 2.52. The molecule has 25 heavy (non-hydrogen) atoms. The van der Waals surface area contributed by atoms with Crippen molar-refractivity contribution < 1.29 is 13.7 Å². The van der Waals surface area contributed by atoms with E-state index in [1.165, 1.54) is 24.0 Å². The van der Waals surface area contributed by atoms with E-state index in [0.717, 1.165) is 11.1 Å². The van der Waals surface area contributed by atoms with Gasteiger partial charge in [0.1, 0.15) is 17.8 Å². The van der Waals surface area contributed by atoms with Crippen molar-refractivity contribution in [3.05, 3.63) is 77.3 Å². The topological polar surface area (TPSA) is 55.1 Å². The maximum atomic E-state index is 13.4. The van der Waals surface area contributed by atoms with E-state index in [-0.39, 0.29) is 11.7 Å². The average molecular weight is 338 g/mol. The number of hydrogen-bond acceptors (Lipinski definition) is 3. The molecule has 2 aromatic carbocycles. The first-order chi connectivity index (χ1) is 12.1.